The van der Waals surface area contributed by atoms with E-state index >= 15 is 0 Å². The highest BCUT2D eigenvalue weighted by Crippen LogP contribution is 2.26. The zero-order valence-corrected chi connectivity index (χ0v) is 33.1. The molecule has 4 heterocycles. The summed E-state index contributed by atoms with van der Waals surface area (Å²) < 4.78 is 0. The van der Waals surface area contributed by atoms with Crippen LogP contribution in [0.2, 0.25) is 0 Å². The van der Waals surface area contributed by atoms with E-state index in [1.807, 2.05) is 45.0 Å². The molecular formula is C38H50N10O6S. The summed E-state index contributed by atoms with van der Waals surface area (Å²) in [6, 6.07) is 5.00. The van der Waals surface area contributed by atoms with Gasteiger partial charge in [0, 0.05) is 67.3 Å². The van der Waals surface area contributed by atoms with Crippen molar-refractivity contribution in [3.05, 3.63) is 69.1 Å². The lowest BCUT2D eigenvalue weighted by Crippen LogP contribution is -2.53. The number of aryl methyl sites for hydroxylation is 2. The normalized spacial score (nSPS) is 20.0. The molecule has 0 fully saturated rings. The number of thiazole rings is 1. The van der Waals surface area contributed by atoms with Gasteiger partial charge in [0.1, 0.15) is 22.8 Å². The van der Waals surface area contributed by atoms with E-state index < -0.39 is 47.7 Å². The first kappa shape index (κ1) is 40.6. The Morgan fingerprint density at radius 2 is 1.65 bits per heavy atom. The van der Waals surface area contributed by atoms with Crippen molar-refractivity contribution in [2.45, 2.75) is 72.0 Å². The molecule has 6 amide bonds. The van der Waals surface area contributed by atoms with Gasteiger partial charge in [-0.3, -0.25) is 33.9 Å². The number of nitrogens with zero attached hydrogens (tertiary/aromatic N) is 5. The number of carbonyl (C=O) groups is 6. The summed E-state index contributed by atoms with van der Waals surface area (Å²) in [6.07, 6.45) is 2.41. The number of carbonyl (C=O) groups excluding carboxylic acids is 6. The van der Waals surface area contributed by atoms with Crippen LogP contribution in [0.5, 0.6) is 0 Å². The van der Waals surface area contributed by atoms with Crippen LogP contribution in [-0.4, -0.2) is 123 Å². The molecule has 4 aromatic rings. The maximum absolute atomic E-state index is 13.9. The minimum absolute atomic E-state index is 0.000514. The van der Waals surface area contributed by atoms with Gasteiger partial charge in [0.2, 0.25) is 29.5 Å². The number of benzene rings is 1. The Hall–Kier alpha value is -5.58. The summed E-state index contributed by atoms with van der Waals surface area (Å²) in [6.45, 7) is 8.60. The van der Waals surface area contributed by atoms with Gasteiger partial charge in [-0.2, -0.15) is 5.10 Å². The topological polar surface area (TPSA) is 206 Å². The molecule has 3 aromatic heterocycles. The third-order valence-electron chi connectivity index (χ3n) is 9.68. The predicted octanol–water partition coefficient (Wildman–Crippen LogP) is 2.02. The Labute approximate surface area is 323 Å². The van der Waals surface area contributed by atoms with Crippen LogP contribution in [0.25, 0.3) is 10.9 Å². The fraction of sp³-hybridized carbons (Fsp3) is 0.474. The lowest BCUT2D eigenvalue weighted by molar-refractivity contribution is -0.139. The average molecular weight is 775 g/mol. The molecule has 2 bridgehead atoms. The molecule has 294 valence electrons. The molecule has 5 N–H and O–H groups in total. The van der Waals surface area contributed by atoms with E-state index in [-0.39, 0.29) is 56.5 Å². The highest BCUT2D eigenvalue weighted by atomic mass is 32.1. The van der Waals surface area contributed by atoms with Crippen molar-refractivity contribution in [3.8, 4) is 0 Å². The number of likely N-dealkylation sites (N-methyl/N-ethyl adjacent to an activating group) is 2. The van der Waals surface area contributed by atoms with E-state index in [1.54, 1.807) is 25.5 Å². The Morgan fingerprint density at radius 1 is 0.927 bits per heavy atom. The molecule has 1 aromatic carbocycles. The number of fused-ring (bicyclic) bond motifs is 3. The number of amides is 6. The SMILES string of the molecule is Cc1n[nH]c(C)c1CC(=O)N1CCN(C)C(=O)[C@H](C)NC(=O)CN(C)C(=O)[C@@H](Cc2c[nH]c3ccccc23)NC(=O)c2csc(n2)[C@H](CC(C)C)NC(=O)C1. The third kappa shape index (κ3) is 10.1. The zero-order valence-electron chi connectivity index (χ0n) is 32.3. The fourth-order valence-corrected chi connectivity index (χ4v) is 7.48. The molecule has 5 rings (SSSR count). The fourth-order valence-electron chi connectivity index (χ4n) is 6.62. The van der Waals surface area contributed by atoms with E-state index in [9.17, 15) is 28.8 Å². The predicted molar refractivity (Wildman–Crippen MR) is 207 cm³/mol. The molecule has 0 saturated carbocycles. The second kappa shape index (κ2) is 17.7. The van der Waals surface area contributed by atoms with Gasteiger partial charge < -0.3 is 35.6 Å². The molecule has 0 aliphatic carbocycles. The smallest absolute Gasteiger partial charge is 0.271 e. The summed E-state index contributed by atoms with van der Waals surface area (Å²) >= 11 is 1.21. The molecule has 16 nitrogen and oxygen atoms in total. The van der Waals surface area contributed by atoms with Gasteiger partial charge in [-0.15, -0.1) is 11.3 Å². The highest BCUT2D eigenvalue weighted by Gasteiger charge is 2.31. The number of hydrogen-bond acceptors (Lipinski definition) is 9. The van der Waals surface area contributed by atoms with Crippen molar-refractivity contribution in [2.24, 2.45) is 5.92 Å². The average Bonchev–Trinajstić information content (AvgIpc) is 3.87. The van der Waals surface area contributed by atoms with Crippen LogP contribution < -0.4 is 16.0 Å². The van der Waals surface area contributed by atoms with Gasteiger partial charge in [-0.25, -0.2) is 4.98 Å². The van der Waals surface area contributed by atoms with Crippen molar-refractivity contribution in [1.82, 2.24) is 50.8 Å². The Balaban J connectivity index is 1.46. The Kier molecular flexibility index (Phi) is 13.1. The molecule has 0 radical (unpaired) electrons. The maximum atomic E-state index is 13.9. The zero-order chi connectivity index (χ0) is 40.0. The molecule has 1 aliphatic rings. The molecule has 0 unspecified atom stereocenters. The van der Waals surface area contributed by atoms with Gasteiger partial charge in [0.25, 0.3) is 5.91 Å². The third-order valence-corrected chi connectivity index (χ3v) is 10.6. The van der Waals surface area contributed by atoms with Gasteiger partial charge in [0.05, 0.1) is 31.2 Å². The first-order valence-corrected chi connectivity index (χ1v) is 19.2. The summed E-state index contributed by atoms with van der Waals surface area (Å²) in [5.41, 5.74) is 3.88. The van der Waals surface area contributed by atoms with Gasteiger partial charge in [-0.1, -0.05) is 32.0 Å². The van der Waals surface area contributed by atoms with E-state index in [4.69, 9.17) is 0 Å². The number of hydrogen-bond donors (Lipinski definition) is 5. The number of rotatable bonds is 6. The van der Waals surface area contributed by atoms with Crippen molar-refractivity contribution in [1.29, 1.82) is 0 Å². The Bertz CT molecular complexity index is 2030. The van der Waals surface area contributed by atoms with Gasteiger partial charge >= 0.3 is 0 Å². The van der Waals surface area contributed by atoms with Crippen molar-refractivity contribution in [3.63, 3.8) is 0 Å². The van der Waals surface area contributed by atoms with E-state index in [2.05, 4.69) is 36.1 Å². The number of nitrogens with one attached hydrogen (secondary N) is 5. The quantitative estimate of drug-likeness (QED) is 0.196. The molecule has 17 heteroatoms. The van der Waals surface area contributed by atoms with Crippen LogP contribution >= 0.6 is 11.3 Å². The van der Waals surface area contributed by atoms with E-state index in [0.29, 0.717) is 17.1 Å². The second-order valence-electron chi connectivity index (χ2n) is 14.6. The lowest BCUT2D eigenvalue weighted by atomic mass is 10.0. The number of aromatic amines is 2. The first-order valence-electron chi connectivity index (χ1n) is 18.3. The van der Waals surface area contributed by atoms with E-state index in [0.717, 1.165) is 27.7 Å². The van der Waals surface area contributed by atoms with Crippen molar-refractivity contribution >= 4 is 57.7 Å². The highest BCUT2D eigenvalue weighted by molar-refractivity contribution is 7.09. The summed E-state index contributed by atoms with van der Waals surface area (Å²) in [7, 11) is 3.02. The van der Waals surface area contributed by atoms with E-state index in [1.165, 1.54) is 40.0 Å². The minimum Gasteiger partial charge on any atom is -0.361 e. The summed E-state index contributed by atoms with van der Waals surface area (Å²) in [4.78, 5) is 93.5. The number of para-hydroxylation sites is 1. The van der Waals surface area contributed by atoms with Crippen LogP contribution in [0.15, 0.2) is 35.8 Å². The van der Waals surface area contributed by atoms with Crippen LogP contribution in [0.1, 0.15) is 71.2 Å². The standard InChI is InChI=1S/C38H50N10O6S/c1-21(2)14-29-36-43-31(20-55-36)35(52)42-30(15-25-17-39-28-11-9-8-10-26(25)28)38(54)47(7)18-32(49)40-24(5)37(53)46(6)12-13-48(19-33(50)41-29)34(51)16-27-22(3)44-45-23(27)4/h8-11,17,20-21,24,29-30,39H,12-16,18-19H2,1-7H3,(H,40,49)(H,41,50)(H,42,52)(H,44,45)/t24-,29-,30+/m0/s1. The van der Waals surface area contributed by atoms with Crippen LogP contribution in [0.3, 0.4) is 0 Å². The molecule has 3 atom stereocenters. The van der Waals surface area contributed by atoms with Crippen molar-refractivity contribution < 1.29 is 28.8 Å². The molecular weight excluding hydrogens is 725 g/mol. The molecule has 1 aliphatic heterocycles. The maximum Gasteiger partial charge on any atom is 0.271 e. The van der Waals surface area contributed by atoms with Gasteiger partial charge in [-0.05, 0) is 44.7 Å². The van der Waals surface area contributed by atoms with Crippen LogP contribution in [-0.2, 0) is 36.8 Å². The van der Waals surface area contributed by atoms with Crippen LogP contribution in [0, 0.1) is 19.8 Å². The largest absolute Gasteiger partial charge is 0.361 e. The Morgan fingerprint density at radius 3 is 2.36 bits per heavy atom. The minimum atomic E-state index is -1.07. The summed E-state index contributed by atoms with van der Waals surface area (Å²) in [5, 5.41) is 18.6. The molecule has 0 saturated heterocycles. The number of aromatic nitrogens is 4. The van der Waals surface area contributed by atoms with Crippen molar-refractivity contribution in [2.75, 3.05) is 40.3 Å². The second-order valence-corrected chi connectivity index (χ2v) is 15.4. The summed E-state index contributed by atoms with van der Waals surface area (Å²) in [5.74, 6) is -2.73. The molecule has 55 heavy (non-hydrogen) atoms. The monoisotopic (exact) mass is 774 g/mol. The lowest BCUT2D eigenvalue weighted by Gasteiger charge is -2.28. The van der Waals surface area contributed by atoms with Gasteiger partial charge in [0.15, 0.2) is 0 Å². The number of H-pyrrole nitrogens is 2. The molecule has 0 spiro atoms. The van der Waals surface area contributed by atoms with Crippen LogP contribution in [0.4, 0.5) is 0 Å². The first-order chi connectivity index (χ1) is 26.1.